The van der Waals surface area contributed by atoms with Gasteiger partial charge in [-0.2, -0.15) is 0 Å². The summed E-state index contributed by atoms with van der Waals surface area (Å²) in [7, 11) is 0. The molecule has 222 valence electrons. The second kappa shape index (κ2) is 23.0. The van der Waals surface area contributed by atoms with Crippen LogP contribution in [0.1, 0.15) is 129 Å². The average Bonchev–Trinajstić information content (AvgIpc) is 2.96. The summed E-state index contributed by atoms with van der Waals surface area (Å²) in [5.74, 6) is 1.65. The second-order valence-corrected chi connectivity index (χ2v) is 11.2. The predicted molar refractivity (Wildman–Crippen MR) is 166 cm³/mol. The van der Waals surface area contributed by atoms with Crippen molar-refractivity contribution in [2.45, 2.75) is 136 Å². The van der Waals surface area contributed by atoms with Crippen LogP contribution in [-0.4, -0.2) is 37.6 Å². The molecule has 0 aliphatic carbocycles. The van der Waals surface area contributed by atoms with Crippen molar-refractivity contribution in [1.29, 1.82) is 0 Å². The van der Waals surface area contributed by atoms with E-state index in [-0.39, 0.29) is 6.61 Å². The molecular formula is C35H58O4. The number of fused-ring (bicyclic) bond motifs is 1. The Bertz CT molecular complexity index is 837. The zero-order valence-electron chi connectivity index (χ0n) is 25.3. The zero-order valence-corrected chi connectivity index (χ0v) is 25.3. The van der Waals surface area contributed by atoms with Crippen LogP contribution < -0.4 is 9.47 Å². The smallest absolute Gasteiger partial charge is 0.127 e. The highest BCUT2D eigenvalue weighted by Gasteiger charge is 2.11. The van der Waals surface area contributed by atoms with Gasteiger partial charge in [0.15, 0.2) is 0 Å². The summed E-state index contributed by atoms with van der Waals surface area (Å²) >= 11 is 0. The van der Waals surface area contributed by atoms with Gasteiger partial charge in [-0.25, -0.2) is 0 Å². The highest BCUT2D eigenvalue weighted by Crippen LogP contribution is 2.33. The molecule has 0 aliphatic rings. The number of unbranched alkanes of at least 4 members (excludes halogenated alkanes) is 16. The van der Waals surface area contributed by atoms with Gasteiger partial charge < -0.3 is 19.3 Å². The van der Waals surface area contributed by atoms with Gasteiger partial charge in [0.1, 0.15) is 24.2 Å². The molecule has 1 atom stereocenters. The van der Waals surface area contributed by atoms with Gasteiger partial charge in [-0.15, -0.1) is 0 Å². The lowest BCUT2D eigenvalue weighted by Gasteiger charge is -2.16. The molecule has 1 N–H and O–H groups in total. The molecule has 0 spiro atoms. The predicted octanol–water partition coefficient (Wildman–Crippen LogP) is 10.0. The molecule has 0 fully saturated rings. The minimum absolute atomic E-state index is 0.221. The lowest BCUT2D eigenvalue weighted by molar-refractivity contribution is 0.0112. The highest BCUT2D eigenvalue weighted by molar-refractivity contribution is 5.93. The van der Waals surface area contributed by atoms with Crippen molar-refractivity contribution in [2.75, 3.05) is 26.4 Å². The van der Waals surface area contributed by atoms with Gasteiger partial charge in [-0.05, 0) is 25.0 Å². The van der Waals surface area contributed by atoms with Gasteiger partial charge in [-0.3, -0.25) is 0 Å². The van der Waals surface area contributed by atoms with Gasteiger partial charge in [0.2, 0.25) is 0 Å². The Hall–Kier alpha value is -1.78. The van der Waals surface area contributed by atoms with E-state index in [1.807, 2.05) is 30.3 Å². The topological polar surface area (TPSA) is 47.9 Å². The third-order valence-electron chi connectivity index (χ3n) is 7.48. The number of benzene rings is 2. The molecule has 0 saturated carbocycles. The third kappa shape index (κ3) is 15.6. The maximum absolute atomic E-state index is 10.3. The third-order valence-corrected chi connectivity index (χ3v) is 7.48. The SMILES string of the molecule is CCCCCCCCCCCCCCCCCCOCC(O)COc1ccc(OCCCC)c2ccccc12. The van der Waals surface area contributed by atoms with E-state index in [2.05, 4.69) is 19.9 Å². The molecule has 0 aliphatic heterocycles. The number of rotatable bonds is 26. The first-order valence-corrected chi connectivity index (χ1v) is 16.3. The van der Waals surface area contributed by atoms with Gasteiger partial charge in [0.25, 0.3) is 0 Å². The molecule has 0 bridgehead atoms. The lowest BCUT2D eigenvalue weighted by atomic mass is 10.0. The van der Waals surface area contributed by atoms with Crippen LogP contribution in [0.15, 0.2) is 36.4 Å². The maximum atomic E-state index is 10.3. The summed E-state index contributed by atoms with van der Waals surface area (Å²) in [6, 6.07) is 12.0. The van der Waals surface area contributed by atoms with E-state index < -0.39 is 6.10 Å². The van der Waals surface area contributed by atoms with E-state index in [9.17, 15) is 5.11 Å². The molecule has 2 rings (SSSR count). The van der Waals surface area contributed by atoms with E-state index in [1.54, 1.807) is 0 Å². The van der Waals surface area contributed by atoms with Crippen LogP contribution in [-0.2, 0) is 4.74 Å². The molecule has 1 unspecified atom stereocenters. The summed E-state index contributed by atoms with van der Waals surface area (Å²) in [5.41, 5.74) is 0. The zero-order chi connectivity index (χ0) is 27.8. The van der Waals surface area contributed by atoms with Crippen molar-refractivity contribution in [2.24, 2.45) is 0 Å². The molecule has 0 radical (unpaired) electrons. The minimum atomic E-state index is -0.634. The van der Waals surface area contributed by atoms with Crippen molar-refractivity contribution in [3.63, 3.8) is 0 Å². The summed E-state index contributed by atoms with van der Waals surface area (Å²) < 4.78 is 17.6. The van der Waals surface area contributed by atoms with Gasteiger partial charge >= 0.3 is 0 Å². The molecule has 0 aromatic heterocycles. The Morgan fingerprint density at radius 3 is 1.49 bits per heavy atom. The molecule has 2 aromatic rings. The molecular weight excluding hydrogens is 484 g/mol. The molecule has 39 heavy (non-hydrogen) atoms. The van der Waals surface area contributed by atoms with Crippen molar-refractivity contribution in [1.82, 2.24) is 0 Å². The van der Waals surface area contributed by atoms with Crippen molar-refractivity contribution in [3.8, 4) is 11.5 Å². The average molecular weight is 543 g/mol. The summed E-state index contributed by atoms with van der Waals surface area (Å²) in [6.07, 6.45) is 23.4. The minimum Gasteiger partial charge on any atom is -0.493 e. The van der Waals surface area contributed by atoms with E-state index in [0.29, 0.717) is 13.2 Å². The Morgan fingerprint density at radius 1 is 0.513 bits per heavy atom. The number of hydrogen-bond acceptors (Lipinski definition) is 4. The Kier molecular flexibility index (Phi) is 19.7. The Labute approximate surface area is 239 Å². The highest BCUT2D eigenvalue weighted by atomic mass is 16.5. The fourth-order valence-corrected chi connectivity index (χ4v) is 5.03. The number of ether oxygens (including phenoxy) is 3. The molecule has 0 saturated heterocycles. The Balaban J connectivity index is 1.44. The standard InChI is InChI=1S/C35H58O4/c1-3-5-7-8-9-10-11-12-13-14-15-16-17-18-19-22-27-37-29-31(36)30-39-35-26-25-34(38-28-6-4-2)32-23-20-21-24-33(32)35/h20-21,23-26,31,36H,3-19,22,27-30H2,1-2H3. The van der Waals surface area contributed by atoms with E-state index >= 15 is 0 Å². The van der Waals surface area contributed by atoms with Gasteiger partial charge in [0, 0.05) is 17.4 Å². The maximum Gasteiger partial charge on any atom is 0.127 e. The van der Waals surface area contributed by atoms with Crippen molar-refractivity contribution < 1.29 is 19.3 Å². The summed E-state index contributed by atoms with van der Waals surface area (Å²) in [6.45, 7) is 6.41. The molecule has 4 heteroatoms. The number of aliphatic hydroxyl groups is 1. The van der Waals surface area contributed by atoms with Crippen LogP contribution in [0.25, 0.3) is 10.8 Å². The fourth-order valence-electron chi connectivity index (χ4n) is 5.03. The van der Waals surface area contributed by atoms with Crippen molar-refractivity contribution >= 4 is 10.8 Å². The quantitative estimate of drug-likeness (QED) is 0.120. The first-order chi connectivity index (χ1) is 19.3. The van der Waals surface area contributed by atoms with Crippen molar-refractivity contribution in [3.05, 3.63) is 36.4 Å². The van der Waals surface area contributed by atoms with E-state index in [1.165, 1.54) is 96.3 Å². The molecule has 4 nitrogen and oxygen atoms in total. The van der Waals surface area contributed by atoms with Crippen LogP contribution in [0.4, 0.5) is 0 Å². The van der Waals surface area contributed by atoms with E-state index in [0.717, 1.165) is 48.1 Å². The lowest BCUT2D eigenvalue weighted by Crippen LogP contribution is -2.23. The molecule has 0 amide bonds. The monoisotopic (exact) mass is 542 g/mol. The molecule has 0 heterocycles. The van der Waals surface area contributed by atoms with Crippen LogP contribution in [0.2, 0.25) is 0 Å². The van der Waals surface area contributed by atoms with E-state index in [4.69, 9.17) is 14.2 Å². The summed E-state index contributed by atoms with van der Waals surface area (Å²) in [5, 5.41) is 12.4. The van der Waals surface area contributed by atoms with Crippen LogP contribution in [0.5, 0.6) is 11.5 Å². The fraction of sp³-hybridized carbons (Fsp3) is 0.714. The largest absolute Gasteiger partial charge is 0.493 e. The summed E-state index contributed by atoms with van der Waals surface area (Å²) in [4.78, 5) is 0. The number of hydrogen-bond donors (Lipinski definition) is 1. The second-order valence-electron chi connectivity index (χ2n) is 11.2. The first-order valence-electron chi connectivity index (χ1n) is 16.3. The molecule has 2 aromatic carbocycles. The van der Waals surface area contributed by atoms with Crippen LogP contribution in [0.3, 0.4) is 0 Å². The van der Waals surface area contributed by atoms with Gasteiger partial charge in [0.05, 0.1) is 13.2 Å². The first kappa shape index (κ1) is 33.4. The normalized spacial score (nSPS) is 12.2. The van der Waals surface area contributed by atoms with Gasteiger partial charge in [-0.1, -0.05) is 141 Å². The number of aliphatic hydroxyl groups excluding tert-OH is 1. The Morgan fingerprint density at radius 2 is 0.974 bits per heavy atom. The van der Waals surface area contributed by atoms with Crippen LogP contribution >= 0.6 is 0 Å². The van der Waals surface area contributed by atoms with Crippen LogP contribution in [0, 0.1) is 0 Å².